The van der Waals surface area contributed by atoms with Crippen molar-refractivity contribution in [3.05, 3.63) is 59.4 Å². The van der Waals surface area contributed by atoms with Crippen molar-refractivity contribution in [2.45, 2.75) is 104 Å². The molecule has 1 aromatic heterocycles. The second-order valence-electron chi connectivity index (χ2n) is 11.7. The number of aliphatic hydroxyl groups is 1. The van der Waals surface area contributed by atoms with E-state index in [-0.39, 0.29) is 29.8 Å². The van der Waals surface area contributed by atoms with Gasteiger partial charge in [-0.3, -0.25) is 9.78 Å². The number of halogens is 1. The van der Waals surface area contributed by atoms with E-state index in [0.717, 1.165) is 37.0 Å². The predicted molar refractivity (Wildman–Crippen MR) is 159 cm³/mol. The highest BCUT2D eigenvalue weighted by Crippen LogP contribution is 2.34. The zero-order valence-electron chi connectivity index (χ0n) is 24.2. The average Bonchev–Trinajstić information content (AvgIpc) is 2.85. The van der Waals surface area contributed by atoms with Crippen LogP contribution in [-0.4, -0.2) is 34.7 Å². The molecule has 1 amide bonds. The molecule has 0 aliphatic rings. The zero-order valence-corrected chi connectivity index (χ0v) is 25.0. The third-order valence-electron chi connectivity index (χ3n) is 6.99. The summed E-state index contributed by atoms with van der Waals surface area (Å²) in [5.74, 6) is 1.47. The van der Waals surface area contributed by atoms with Crippen molar-refractivity contribution in [1.82, 2.24) is 10.3 Å². The van der Waals surface area contributed by atoms with Crippen molar-refractivity contribution in [3.63, 3.8) is 0 Å². The van der Waals surface area contributed by atoms with Gasteiger partial charge in [-0.2, -0.15) is 0 Å². The molecule has 38 heavy (non-hydrogen) atoms. The maximum absolute atomic E-state index is 12.1. The number of nitrogens with one attached hydrogen (secondary N) is 1. The first kappa shape index (κ1) is 33.9. The van der Waals surface area contributed by atoms with Gasteiger partial charge in [-0.25, -0.2) is 0 Å². The van der Waals surface area contributed by atoms with Crippen LogP contribution in [0.2, 0.25) is 0 Å². The molecular formula is C31H50ClN3O3. The van der Waals surface area contributed by atoms with Crippen LogP contribution in [0.15, 0.2) is 42.7 Å². The first-order valence-corrected chi connectivity index (χ1v) is 13.9. The molecule has 0 unspecified atom stereocenters. The van der Waals surface area contributed by atoms with Gasteiger partial charge in [-0.15, -0.1) is 12.4 Å². The fourth-order valence-corrected chi connectivity index (χ4v) is 4.48. The molecule has 0 radical (unpaired) electrons. The number of amides is 1. The van der Waals surface area contributed by atoms with Crippen LogP contribution in [0.25, 0.3) is 0 Å². The lowest BCUT2D eigenvalue weighted by molar-refractivity contribution is -0.129. The lowest BCUT2D eigenvalue weighted by Crippen LogP contribution is -2.36. The molecule has 2 aromatic rings. The summed E-state index contributed by atoms with van der Waals surface area (Å²) in [6.07, 6.45) is 7.26. The van der Waals surface area contributed by atoms with E-state index in [1.807, 2.05) is 12.1 Å². The van der Waals surface area contributed by atoms with E-state index in [1.165, 1.54) is 11.1 Å². The van der Waals surface area contributed by atoms with Gasteiger partial charge < -0.3 is 20.9 Å². The van der Waals surface area contributed by atoms with E-state index >= 15 is 0 Å². The van der Waals surface area contributed by atoms with Gasteiger partial charge in [0, 0.05) is 25.0 Å². The Hall–Kier alpha value is -2.15. The fourth-order valence-electron chi connectivity index (χ4n) is 4.48. The topological polar surface area (TPSA) is 97.5 Å². The zero-order chi connectivity index (χ0) is 27.4. The van der Waals surface area contributed by atoms with Crippen LogP contribution in [0.1, 0.15) is 90.3 Å². The van der Waals surface area contributed by atoms with Gasteiger partial charge in [-0.1, -0.05) is 60.1 Å². The van der Waals surface area contributed by atoms with Crippen molar-refractivity contribution in [3.8, 4) is 5.75 Å². The largest absolute Gasteiger partial charge is 0.489 e. The third-order valence-corrected chi connectivity index (χ3v) is 6.99. The second-order valence-corrected chi connectivity index (χ2v) is 11.7. The molecule has 6 nitrogen and oxygen atoms in total. The van der Waals surface area contributed by atoms with Crippen LogP contribution in [0.4, 0.5) is 0 Å². The Labute approximate surface area is 236 Å². The maximum atomic E-state index is 12.1. The molecule has 0 saturated carbocycles. The van der Waals surface area contributed by atoms with E-state index in [2.05, 4.69) is 70.0 Å². The lowest BCUT2D eigenvalue weighted by atomic mass is 9.81. The molecule has 1 aromatic carbocycles. The molecule has 214 valence electrons. The van der Waals surface area contributed by atoms with Gasteiger partial charge >= 0.3 is 0 Å². The number of nitrogens with zero attached hydrogens (tertiary/aromatic N) is 1. The SMILES string of the molecule is CCCCNC(=O)[C@@H](O)CC[C@H](N)C[C@H](Cc1ccc(C(C)(C)C)c(OCc2ccncc2)c1)C(C)C.Cl. The Bertz CT molecular complexity index is 947. The van der Waals surface area contributed by atoms with Gasteiger partial charge in [0.05, 0.1) is 0 Å². The predicted octanol–water partition coefficient (Wildman–Crippen LogP) is 5.97. The van der Waals surface area contributed by atoms with Crippen LogP contribution >= 0.6 is 12.4 Å². The van der Waals surface area contributed by atoms with Crippen molar-refractivity contribution in [1.29, 1.82) is 0 Å². The van der Waals surface area contributed by atoms with Crippen LogP contribution in [0.5, 0.6) is 5.75 Å². The van der Waals surface area contributed by atoms with E-state index < -0.39 is 6.10 Å². The summed E-state index contributed by atoms with van der Waals surface area (Å²) in [5, 5.41) is 13.0. The smallest absolute Gasteiger partial charge is 0.248 e. The number of hydrogen-bond donors (Lipinski definition) is 3. The second kappa shape index (κ2) is 16.7. The molecule has 7 heteroatoms. The number of hydrogen-bond acceptors (Lipinski definition) is 5. The quantitative estimate of drug-likeness (QED) is 0.239. The summed E-state index contributed by atoms with van der Waals surface area (Å²) >= 11 is 0. The Balaban J connectivity index is 0.00000722. The molecule has 0 saturated heterocycles. The number of nitrogens with two attached hydrogens (primary N) is 1. The van der Waals surface area contributed by atoms with Gasteiger partial charge in [-0.05, 0) is 84.2 Å². The summed E-state index contributed by atoms with van der Waals surface area (Å²) < 4.78 is 6.32. The first-order valence-electron chi connectivity index (χ1n) is 13.9. The van der Waals surface area contributed by atoms with E-state index in [9.17, 15) is 9.90 Å². The summed E-state index contributed by atoms with van der Waals surface area (Å²) in [5.41, 5.74) is 9.97. The summed E-state index contributed by atoms with van der Waals surface area (Å²) in [6, 6.07) is 10.5. The number of ether oxygens (including phenoxy) is 1. The highest BCUT2D eigenvalue weighted by atomic mass is 35.5. The summed E-state index contributed by atoms with van der Waals surface area (Å²) in [7, 11) is 0. The van der Waals surface area contributed by atoms with Gasteiger partial charge in [0.25, 0.3) is 0 Å². The molecule has 0 bridgehead atoms. The van der Waals surface area contributed by atoms with Crippen molar-refractivity contribution in [2.75, 3.05) is 6.54 Å². The number of aliphatic hydroxyl groups excluding tert-OH is 1. The van der Waals surface area contributed by atoms with Gasteiger partial charge in [0.15, 0.2) is 0 Å². The van der Waals surface area contributed by atoms with Crippen LogP contribution < -0.4 is 15.8 Å². The number of carbonyl (C=O) groups excluding carboxylic acids is 1. The number of unbranched alkanes of at least 4 members (excludes halogenated alkanes) is 1. The monoisotopic (exact) mass is 547 g/mol. The Morgan fingerprint density at radius 3 is 2.39 bits per heavy atom. The molecule has 0 aliphatic heterocycles. The van der Waals surface area contributed by atoms with E-state index in [1.54, 1.807) is 12.4 Å². The van der Waals surface area contributed by atoms with Crippen molar-refractivity contribution < 1.29 is 14.6 Å². The molecule has 0 aliphatic carbocycles. The maximum Gasteiger partial charge on any atom is 0.248 e. The van der Waals surface area contributed by atoms with Crippen molar-refractivity contribution >= 4 is 18.3 Å². The molecule has 2 rings (SSSR count). The fraction of sp³-hybridized carbons (Fsp3) is 0.613. The molecule has 0 spiro atoms. The van der Waals surface area contributed by atoms with E-state index in [0.29, 0.717) is 37.8 Å². The first-order chi connectivity index (χ1) is 17.5. The number of carbonyl (C=O) groups is 1. The lowest BCUT2D eigenvalue weighted by Gasteiger charge is -2.27. The minimum atomic E-state index is -0.995. The standard InChI is InChI=1S/C31H49N3O3.ClH/c1-7-8-15-34-30(36)28(35)12-10-26(32)20-25(22(2)3)18-24-9-11-27(31(4,5)6)29(19-24)37-21-23-13-16-33-17-14-23;/h9,11,13-14,16-17,19,22,25-26,28,35H,7-8,10,12,15,18,20-21,32H2,1-6H3,(H,34,36);1H/t25-,26-,28-;/m0./s1. The van der Waals surface area contributed by atoms with E-state index in [4.69, 9.17) is 10.5 Å². The molecular weight excluding hydrogens is 498 g/mol. The number of benzene rings is 1. The Kier molecular flexibility index (Phi) is 14.9. The van der Waals surface area contributed by atoms with Crippen LogP contribution in [-0.2, 0) is 23.2 Å². The van der Waals surface area contributed by atoms with Gasteiger partial charge in [0.2, 0.25) is 5.91 Å². The summed E-state index contributed by atoms with van der Waals surface area (Å²) in [6.45, 7) is 14.3. The molecule has 4 N–H and O–H groups in total. The average molecular weight is 548 g/mol. The molecule has 1 heterocycles. The number of aromatic nitrogens is 1. The normalized spacial score (nSPS) is 13.9. The highest BCUT2D eigenvalue weighted by molar-refractivity contribution is 5.85. The number of pyridine rings is 1. The molecule has 0 fully saturated rings. The third kappa shape index (κ3) is 11.7. The number of rotatable bonds is 15. The van der Waals surface area contributed by atoms with Gasteiger partial charge in [0.1, 0.15) is 18.5 Å². The highest BCUT2D eigenvalue weighted by Gasteiger charge is 2.23. The minimum Gasteiger partial charge on any atom is -0.489 e. The Morgan fingerprint density at radius 2 is 1.79 bits per heavy atom. The summed E-state index contributed by atoms with van der Waals surface area (Å²) in [4.78, 5) is 16.1. The van der Waals surface area contributed by atoms with Crippen LogP contribution in [0.3, 0.4) is 0 Å². The van der Waals surface area contributed by atoms with Crippen LogP contribution in [0, 0.1) is 11.8 Å². The Morgan fingerprint density at radius 1 is 1.11 bits per heavy atom. The molecule has 3 atom stereocenters. The van der Waals surface area contributed by atoms with Crippen molar-refractivity contribution in [2.24, 2.45) is 17.6 Å². The minimum absolute atomic E-state index is 0.